The lowest BCUT2D eigenvalue weighted by Crippen LogP contribution is -2.32. The van der Waals surface area contributed by atoms with E-state index in [4.69, 9.17) is 14.2 Å². The molecule has 0 saturated heterocycles. The number of aromatic nitrogens is 3. The Kier molecular flexibility index (Phi) is 4.72. The van der Waals surface area contributed by atoms with Crippen molar-refractivity contribution in [3.63, 3.8) is 0 Å². The second kappa shape index (κ2) is 7.91. The average molecular weight is 456 g/mol. The summed E-state index contributed by atoms with van der Waals surface area (Å²) in [4.78, 5) is 4.40. The second-order valence-corrected chi connectivity index (χ2v) is 8.04. The summed E-state index contributed by atoms with van der Waals surface area (Å²) < 4.78 is 33.9. The molecule has 4 aromatic rings. The molecule has 3 heterocycles. The fourth-order valence-corrected chi connectivity index (χ4v) is 4.69. The van der Waals surface area contributed by atoms with Crippen molar-refractivity contribution in [2.75, 3.05) is 19.5 Å². The predicted molar refractivity (Wildman–Crippen MR) is 124 cm³/mol. The lowest BCUT2D eigenvalue weighted by molar-refractivity contribution is 0.217. The highest BCUT2D eigenvalue weighted by Gasteiger charge is 2.42. The van der Waals surface area contributed by atoms with Crippen molar-refractivity contribution in [2.24, 2.45) is 0 Å². The molecule has 0 saturated carbocycles. The van der Waals surface area contributed by atoms with Gasteiger partial charge in [-0.2, -0.15) is 10.1 Å². The van der Waals surface area contributed by atoms with Crippen LogP contribution in [0.5, 0.6) is 17.2 Å². The molecule has 6 rings (SSSR count). The van der Waals surface area contributed by atoms with Gasteiger partial charge in [0.05, 0.1) is 19.9 Å². The number of anilines is 1. The molecule has 0 amide bonds. The van der Waals surface area contributed by atoms with Crippen molar-refractivity contribution in [3.8, 4) is 17.2 Å². The topological polar surface area (TPSA) is 70.4 Å². The van der Waals surface area contributed by atoms with E-state index in [2.05, 4.69) is 15.4 Å². The Morgan fingerprint density at radius 3 is 2.65 bits per heavy atom. The molecule has 0 aliphatic carbocycles. The molecule has 3 aromatic carbocycles. The van der Waals surface area contributed by atoms with E-state index in [1.165, 1.54) is 18.5 Å². The van der Waals surface area contributed by atoms with Gasteiger partial charge < -0.3 is 19.5 Å². The maximum Gasteiger partial charge on any atom is 0.226 e. The number of nitrogens with zero attached hydrogens (tertiary/aromatic N) is 3. The Hall–Kier alpha value is -4.33. The van der Waals surface area contributed by atoms with Crippen LogP contribution in [-0.2, 0) is 0 Å². The first-order chi connectivity index (χ1) is 16.7. The maximum atomic E-state index is 14.4. The molecule has 2 aliphatic heterocycles. The summed E-state index contributed by atoms with van der Waals surface area (Å²) >= 11 is 0. The Labute approximate surface area is 195 Å². The molecule has 1 aromatic heterocycles. The number of methoxy groups -OCH3 is 2. The van der Waals surface area contributed by atoms with Gasteiger partial charge in [-0.1, -0.05) is 30.3 Å². The highest BCUT2D eigenvalue weighted by molar-refractivity contribution is 5.85. The van der Waals surface area contributed by atoms with Crippen molar-refractivity contribution >= 4 is 11.6 Å². The number of fused-ring (bicyclic) bond motifs is 3. The van der Waals surface area contributed by atoms with Crippen LogP contribution in [0.4, 0.5) is 10.3 Å². The molecular formula is C26H21FN4O3. The molecule has 8 heteroatoms. The smallest absolute Gasteiger partial charge is 0.226 e. The normalized spacial score (nSPS) is 18.2. The van der Waals surface area contributed by atoms with Crippen LogP contribution in [0.2, 0.25) is 0 Å². The Morgan fingerprint density at radius 2 is 1.85 bits per heavy atom. The first kappa shape index (κ1) is 20.3. The van der Waals surface area contributed by atoms with Crippen molar-refractivity contribution in [2.45, 2.75) is 12.1 Å². The van der Waals surface area contributed by atoms with Gasteiger partial charge in [0.15, 0.2) is 6.10 Å². The molecule has 0 fully saturated rings. The summed E-state index contributed by atoms with van der Waals surface area (Å²) in [6, 6.07) is 19.8. The van der Waals surface area contributed by atoms with Crippen LogP contribution in [0.3, 0.4) is 0 Å². The summed E-state index contributed by atoms with van der Waals surface area (Å²) in [5.74, 6) is 2.09. The standard InChI is InChI=1S/C26H21FN4O3/c1-32-17-9-10-18(21(13-17)33-2)25-22-23(19-12-16(27)8-11-20(19)34-25)30-26-28-14-29-31(26)24(22)15-6-4-3-5-7-15/h3-14,24-25H,1-2H3,(H,28,29,30)/t24-,25+/m1/s1. The second-order valence-electron chi connectivity index (χ2n) is 8.04. The summed E-state index contributed by atoms with van der Waals surface area (Å²) in [7, 11) is 3.22. The van der Waals surface area contributed by atoms with Crippen molar-refractivity contribution in [1.82, 2.24) is 14.8 Å². The molecule has 2 aliphatic rings. The lowest BCUT2D eigenvalue weighted by atomic mass is 9.84. The largest absolute Gasteiger partial charge is 0.497 e. The van der Waals surface area contributed by atoms with Gasteiger partial charge in [0.1, 0.15) is 35.4 Å². The number of rotatable bonds is 4. The van der Waals surface area contributed by atoms with Gasteiger partial charge in [0.25, 0.3) is 0 Å². The number of benzene rings is 3. The SMILES string of the molecule is COc1ccc([C@@H]2Oc3ccc(F)cc3C3=C2[C@@H](c2ccccc2)n2ncnc2N3)c(OC)c1. The fourth-order valence-electron chi connectivity index (χ4n) is 4.69. The quantitative estimate of drug-likeness (QED) is 0.466. The minimum Gasteiger partial charge on any atom is -0.497 e. The number of ether oxygens (including phenoxy) is 3. The van der Waals surface area contributed by atoms with Gasteiger partial charge in [0.2, 0.25) is 5.95 Å². The van der Waals surface area contributed by atoms with E-state index < -0.39 is 6.10 Å². The van der Waals surface area contributed by atoms with Crippen LogP contribution in [0, 0.1) is 5.82 Å². The molecule has 2 atom stereocenters. The molecule has 0 radical (unpaired) electrons. The zero-order chi connectivity index (χ0) is 23.2. The van der Waals surface area contributed by atoms with E-state index in [1.54, 1.807) is 20.3 Å². The maximum absolute atomic E-state index is 14.4. The Bertz CT molecular complexity index is 1420. The highest BCUT2D eigenvalue weighted by Crippen LogP contribution is 2.52. The Morgan fingerprint density at radius 1 is 1.00 bits per heavy atom. The van der Waals surface area contributed by atoms with E-state index in [-0.39, 0.29) is 11.9 Å². The predicted octanol–water partition coefficient (Wildman–Crippen LogP) is 4.99. The van der Waals surface area contributed by atoms with E-state index in [9.17, 15) is 4.39 Å². The van der Waals surface area contributed by atoms with Gasteiger partial charge >= 0.3 is 0 Å². The summed E-state index contributed by atoms with van der Waals surface area (Å²) in [5.41, 5.74) is 4.08. The minimum absolute atomic E-state index is 0.330. The van der Waals surface area contributed by atoms with E-state index >= 15 is 0 Å². The van der Waals surface area contributed by atoms with Gasteiger partial charge in [-0.3, -0.25) is 0 Å². The third kappa shape index (κ3) is 3.10. The van der Waals surface area contributed by atoms with Gasteiger partial charge in [-0.15, -0.1) is 0 Å². The molecule has 0 bridgehead atoms. The molecule has 170 valence electrons. The molecule has 1 N–H and O–H groups in total. The summed E-state index contributed by atoms with van der Waals surface area (Å²) in [6.45, 7) is 0. The first-order valence-electron chi connectivity index (χ1n) is 10.8. The lowest BCUT2D eigenvalue weighted by Gasteiger charge is -2.39. The first-order valence-corrected chi connectivity index (χ1v) is 10.8. The van der Waals surface area contributed by atoms with E-state index in [1.807, 2.05) is 53.2 Å². The van der Waals surface area contributed by atoms with Gasteiger partial charge in [0, 0.05) is 22.8 Å². The van der Waals surface area contributed by atoms with Crippen LogP contribution < -0.4 is 19.5 Å². The van der Waals surface area contributed by atoms with Gasteiger partial charge in [-0.05, 0) is 35.9 Å². The number of nitrogens with one attached hydrogen (secondary N) is 1. The molecule has 7 nitrogen and oxygen atoms in total. The monoisotopic (exact) mass is 456 g/mol. The molecule has 0 unspecified atom stereocenters. The zero-order valence-corrected chi connectivity index (χ0v) is 18.5. The average Bonchev–Trinajstić information content (AvgIpc) is 3.35. The van der Waals surface area contributed by atoms with Crippen LogP contribution in [0.15, 0.2) is 78.6 Å². The fraction of sp³-hybridized carbons (Fsp3) is 0.154. The molecule has 34 heavy (non-hydrogen) atoms. The van der Waals surface area contributed by atoms with Crippen LogP contribution in [-0.4, -0.2) is 29.0 Å². The van der Waals surface area contributed by atoms with Crippen molar-refractivity contribution in [3.05, 3.63) is 101 Å². The third-order valence-corrected chi connectivity index (χ3v) is 6.21. The van der Waals surface area contributed by atoms with E-state index in [0.29, 0.717) is 28.8 Å². The number of hydrogen-bond donors (Lipinski definition) is 1. The van der Waals surface area contributed by atoms with Crippen molar-refractivity contribution in [1.29, 1.82) is 0 Å². The minimum atomic E-state index is -0.538. The highest BCUT2D eigenvalue weighted by atomic mass is 19.1. The van der Waals surface area contributed by atoms with Crippen LogP contribution >= 0.6 is 0 Å². The molecular weight excluding hydrogens is 435 g/mol. The van der Waals surface area contributed by atoms with E-state index in [0.717, 1.165) is 22.4 Å². The third-order valence-electron chi connectivity index (χ3n) is 6.21. The van der Waals surface area contributed by atoms with Gasteiger partial charge in [-0.25, -0.2) is 9.07 Å². The summed E-state index contributed by atoms with van der Waals surface area (Å²) in [6.07, 6.45) is 0.969. The summed E-state index contributed by atoms with van der Waals surface area (Å²) in [5, 5.41) is 7.88. The van der Waals surface area contributed by atoms with Crippen LogP contribution in [0.25, 0.3) is 5.70 Å². The van der Waals surface area contributed by atoms with Crippen molar-refractivity contribution < 1.29 is 18.6 Å². The number of hydrogen-bond acceptors (Lipinski definition) is 6. The molecule has 0 spiro atoms. The Balaban J connectivity index is 1.64. The van der Waals surface area contributed by atoms with Crippen LogP contribution in [0.1, 0.15) is 28.8 Å². The number of halogens is 1. The zero-order valence-electron chi connectivity index (χ0n) is 18.5.